The molecule has 0 bridgehead atoms. The molecule has 1 heterocycles. The number of rotatable bonds is 5. The lowest BCUT2D eigenvalue weighted by atomic mass is 10.1. The number of amides is 1. The van der Waals surface area contributed by atoms with E-state index in [1.165, 1.54) is 6.39 Å². The van der Waals surface area contributed by atoms with Crippen LogP contribution in [0.1, 0.15) is 5.56 Å². The third-order valence-corrected chi connectivity index (χ3v) is 2.62. The molecule has 0 aliphatic rings. The van der Waals surface area contributed by atoms with Crippen LogP contribution in [0.4, 0.5) is 5.69 Å². The molecule has 2 aromatic rings. The molecule has 0 saturated heterocycles. The summed E-state index contributed by atoms with van der Waals surface area (Å²) in [6.45, 7) is 2.43. The molecule has 0 radical (unpaired) electrons. The number of benzene rings is 1. The number of hydrogen-bond acceptors (Lipinski definition) is 5. The summed E-state index contributed by atoms with van der Waals surface area (Å²) in [7, 11) is 0. The van der Waals surface area contributed by atoms with Gasteiger partial charge in [0.25, 0.3) is 0 Å². The second-order valence-electron chi connectivity index (χ2n) is 4.13. The van der Waals surface area contributed by atoms with Crippen LogP contribution in [0.2, 0.25) is 0 Å². The molecule has 0 atom stereocenters. The van der Waals surface area contributed by atoms with Gasteiger partial charge in [0.15, 0.2) is 0 Å². The number of hydrogen-bond donors (Lipinski definition) is 2. The molecule has 0 fully saturated rings. The van der Waals surface area contributed by atoms with Gasteiger partial charge < -0.3 is 9.73 Å². The van der Waals surface area contributed by atoms with E-state index < -0.39 is 0 Å². The molecule has 20 heavy (non-hydrogen) atoms. The Bertz CT molecular complexity index is 629. The maximum Gasteiger partial charge on any atom is 0.247 e. The van der Waals surface area contributed by atoms with E-state index in [1.54, 1.807) is 6.07 Å². The third kappa shape index (κ3) is 3.43. The van der Waals surface area contributed by atoms with Crippen molar-refractivity contribution in [2.75, 3.05) is 18.4 Å². The van der Waals surface area contributed by atoms with Crippen molar-refractivity contribution in [3.8, 4) is 23.8 Å². The molecule has 0 aliphatic heterocycles. The Morgan fingerprint density at radius 3 is 3.00 bits per heavy atom. The molecule has 0 aliphatic carbocycles. The molecule has 1 amide bonds. The molecule has 2 N–H and O–H groups in total. The molecule has 1 aromatic heterocycles. The van der Waals surface area contributed by atoms with E-state index in [0.717, 1.165) is 16.8 Å². The number of nitrogens with one attached hydrogen (secondary N) is 2. The number of aromatic nitrogens is 2. The minimum atomic E-state index is -0.145. The van der Waals surface area contributed by atoms with Gasteiger partial charge in [0.05, 0.1) is 13.1 Å². The van der Waals surface area contributed by atoms with Gasteiger partial charge in [-0.05, 0) is 30.7 Å². The van der Waals surface area contributed by atoms with E-state index in [4.69, 9.17) is 10.8 Å². The zero-order chi connectivity index (χ0) is 14.4. The average molecular weight is 270 g/mol. The fourth-order valence-corrected chi connectivity index (χ4v) is 1.68. The lowest BCUT2D eigenvalue weighted by Gasteiger charge is -2.09. The van der Waals surface area contributed by atoms with Crippen molar-refractivity contribution in [3.05, 3.63) is 30.2 Å². The lowest BCUT2D eigenvalue weighted by molar-refractivity contribution is -0.115. The standard InChI is InChI=1S/C14H14N4O2/c1-3-6-15-8-13(19)17-12-5-4-11(7-10(12)2)14-18-16-9-20-14/h1,4-5,7,9,15H,6,8H2,2H3,(H,17,19). The fraction of sp³-hybridized carbons (Fsp3) is 0.214. The topological polar surface area (TPSA) is 80.0 Å². The van der Waals surface area contributed by atoms with E-state index >= 15 is 0 Å². The molecule has 0 unspecified atom stereocenters. The average Bonchev–Trinajstić information content (AvgIpc) is 2.95. The largest absolute Gasteiger partial charge is 0.423 e. The molecule has 0 saturated carbocycles. The van der Waals surface area contributed by atoms with Gasteiger partial charge in [-0.25, -0.2) is 0 Å². The fourth-order valence-electron chi connectivity index (χ4n) is 1.68. The van der Waals surface area contributed by atoms with Gasteiger partial charge in [-0.1, -0.05) is 5.92 Å². The van der Waals surface area contributed by atoms with Crippen LogP contribution in [-0.4, -0.2) is 29.2 Å². The highest BCUT2D eigenvalue weighted by Gasteiger charge is 2.08. The molecular weight excluding hydrogens is 256 g/mol. The van der Waals surface area contributed by atoms with Crippen molar-refractivity contribution in [1.29, 1.82) is 0 Å². The molecule has 1 aromatic carbocycles. The number of carbonyl (C=O) groups excluding carboxylic acids is 1. The Kier molecular flexibility index (Phi) is 4.47. The van der Waals surface area contributed by atoms with Gasteiger partial charge in [0.1, 0.15) is 0 Å². The Morgan fingerprint density at radius 1 is 1.50 bits per heavy atom. The summed E-state index contributed by atoms with van der Waals surface area (Å²) in [5.41, 5.74) is 2.45. The minimum Gasteiger partial charge on any atom is -0.423 e. The van der Waals surface area contributed by atoms with Gasteiger partial charge in [-0.3, -0.25) is 10.1 Å². The van der Waals surface area contributed by atoms with E-state index in [9.17, 15) is 4.79 Å². The zero-order valence-corrected chi connectivity index (χ0v) is 11.0. The summed E-state index contributed by atoms with van der Waals surface area (Å²) < 4.78 is 5.12. The van der Waals surface area contributed by atoms with Crippen molar-refractivity contribution < 1.29 is 9.21 Å². The maximum absolute atomic E-state index is 11.7. The molecule has 102 valence electrons. The minimum absolute atomic E-state index is 0.145. The van der Waals surface area contributed by atoms with Gasteiger partial charge in [-0.15, -0.1) is 16.6 Å². The Morgan fingerprint density at radius 2 is 2.35 bits per heavy atom. The summed E-state index contributed by atoms with van der Waals surface area (Å²) in [5.74, 6) is 2.71. The first-order chi connectivity index (χ1) is 9.70. The van der Waals surface area contributed by atoms with Crippen LogP contribution in [0.15, 0.2) is 29.0 Å². The quantitative estimate of drug-likeness (QED) is 0.630. The van der Waals surface area contributed by atoms with Crippen molar-refractivity contribution in [2.45, 2.75) is 6.92 Å². The summed E-state index contributed by atoms with van der Waals surface area (Å²) >= 11 is 0. The number of nitrogens with zero attached hydrogens (tertiary/aromatic N) is 2. The first-order valence-electron chi connectivity index (χ1n) is 6.02. The molecule has 6 heteroatoms. The number of aryl methyl sites for hydroxylation is 1. The summed E-state index contributed by atoms with van der Waals surface area (Å²) in [6, 6.07) is 5.48. The molecule has 0 spiro atoms. The Hall–Kier alpha value is -2.65. The normalized spacial score (nSPS) is 10.0. The lowest BCUT2D eigenvalue weighted by Crippen LogP contribution is -2.28. The van der Waals surface area contributed by atoms with Crippen LogP contribution in [0, 0.1) is 19.3 Å². The number of anilines is 1. The highest BCUT2D eigenvalue weighted by atomic mass is 16.4. The second-order valence-corrected chi connectivity index (χ2v) is 4.13. The third-order valence-electron chi connectivity index (χ3n) is 2.62. The number of terminal acetylenes is 1. The van der Waals surface area contributed by atoms with Gasteiger partial charge in [-0.2, -0.15) is 0 Å². The van der Waals surface area contributed by atoms with Crippen molar-refractivity contribution >= 4 is 11.6 Å². The molecule has 6 nitrogen and oxygen atoms in total. The van der Waals surface area contributed by atoms with Crippen LogP contribution in [0.25, 0.3) is 11.5 Å². The zero-order valence-electron chi connectivity index (χ0n) is 11.0. The summed E-state index contributed by atoms with van der Waals surface area (Å²) in [4.78, 5) is 11.7. The van der Waals surface area contributed by atoms with Crippen molar-refractivity contribution in [3.63, 3.8) is 0 Å². The van der Waals surface area contributed by atoms with Crippen LogP contribution >= 0.6 is 0 Å². The van der Waals surface area contributed by atoms with Crippen LogP contribution < -0.4 is 10.6 Å². The highest BCUT2D eigenvalue weighted by Crippen LogP contribution is 2.23. The van der Waals surface area contributed by atoms with Crippen LogP contribution in [-0.2, 0) is 4.79 Å². The first-order valence-corrected chi connectivity index (χ1v) is 6.02. The predicted molar refractivity (Wildman–Crippen MR) is 74.8 cm³/mol. The maximum atomic E-state index is 11.7. The predicted octanol–water partition coefficient (Wildman–Crippen LogP) is 1.21. The summed E-state index contributed by atoms with van der Waals surface area (Å²) in [6.07, 6.45) is 6.37. The van der Waals surface area contributed by atoms with Crippen LogP contribution in [0.3, 0.4) is 0 Å². The Labute approximate surface area is 116 Å². The highest BCUT2D eigenvalue weighted by molar-refractivity contribution is 5.93. The van der Waals surface area contributed by atoms with Crippen molar-refractivity contribution in [1.82, 2.24) is 15.5 Å². The molecule has 2 rings (SSSR count). The molecular formula is C14H14N4O2. The Balaban J connectivity index is 2.03. The van der Waals surface area contributed by atoms with E-state index in [-0.39, 0.29) is 12.5 Å². The summed E-state index contributed by atoms with van der Waals surface area (Å²) in [5, 5.41) is 13.1. The first kappa shape index (κ1) is 13.8. The number of carbonyl (C=O) groups is 1. The van der Waals surface area contributed by atoms with Gasteiger partial charge in [0.2, 0.25) is 18.2 Å². The van der Waals surface area contributed by atoms with Crippen molar-refractivity contribution in [2.24, 2.45) is 0 Å². The van der Waals surface area contributed by atoms with Crippen LogP contribution in [0.5, 0.6) is 0 Å². The van der Waals surface area contributed by atoms with E-state index in [1.807, 2.05) is 19.1 Å². The van der Waals surface area contributed by atoms with E-state index in [0.29, 0.717) is 12.4 Å². The monoisotopic (exact) mass is 270 g/mol. The SMILES string of the molecule is C#CCNCC(=O)Nc1ccc(-c2nnco2)cc1C. The van der Waals surface area contributed by atoms with Gasteiger partial charge >= 0.3 is 0 Å². The van der Waals surface area contributed by atoms with E-state index in [2.05, 4.69) is 26.8 Å². The second kappa shape index (κ2) is 6.50. The smallest absolute Gasteiger partial charge is 0.247 e. The van der Waals surface area contributed by atoms with Gasteiger partial charge in [0, 0.05) is 11.3 Å².